The molecule has 0 aromatic carbocycles. The second-order valence-electron chi connectivity index (χ2n) is 12.9. The van der Waals surface area contributed by atoms with E-state index in [1.165, 1.54) is 12.4 Å². The lowest BCUT2D eigenvalue weighted by molar-refractivity contribution is -0.131. The molecule has 1 rings (SSSR count). The van der Waals surface area contributed by atoms with Crippen molar-refractivity contribution in [3.63, 3.8) is 0 Å². The molecule has 13 heteroatoms. The zero-order valence-corrected chi connectivity index (χ0v) is 29.5. The van der Waals surface area contributed by atoms with E-state index in [0.29, 0.717) is 37.8 Å². The first-order valence-electron chi connectivity index (χ1n) is 17.0. The topological polar surface area (TPSA) is 191 Å². The standard InChI is InChI=1S/C34H59N7O6/c1-9-12-27(39-34(47)29(23(8)10-2)41-30(43)24-13-16-35-17-14-24)32(45)38-25(19-21(4)5)20-37-26(15-18-42)31(44)40-28(22(6)7)33(46)36-11-3/h13-14,16-17,21-23,25-29,37,42H,9-12,15,18-20H2,1-8H3,(H,36,46)(H,38,45)(H,39,47)(H,40,44)(H,41,43)/t23-,25?,26-,27-,28?,29?/m0/s1. The Bertz CT molecular complexity index is 1120. The Labute approximate surface area is 280 Å². The highest BCUT2D eigenvalue weighted by molar-refractivity contribution is 5.98. The zero-order valence-electron chi connectivity index (χ0n) is 29.5. The maximum Gasteiger partial charge on any atom is 0.252 e. The minimum absolute atomic E-state index is 0.116. The molecule has 3 unspecified atom stereocenters. The molecule has 0 aliphatic rings. The van der Waals surface area contributed by atoms with Crippen LogP contribution in [0.25, 0.3) is 0 Å². The molecule has 5 amide bonds. The van der Waals surface area contributed by atoms with Crippen LogP contribution in [-0.4, -0.2) is 89.5 Å². The number of carbonyl (C=O) groups is 5. The molecule has 7 N–H and O–H groups in total. The maximum absolute atomic E-state index is 13.6. The number of rotatable bonds is 22. The fraction of sp³-hybridized carbons (Fsp3) is 0.706. The van der Waals surface area contributed by atoms with Gasteiger partial charge in [0, 0.05) is 43.7 Å². The van der Waals surface area contributed by atoms with E-state index < -0.39 is 47.9 Å². The molecule has 1 aromatic rings. The van der Waals surface area contributed by atoms with Crippen LogP contribution in [0.5, 0.6) is 0 Å². The molecule has 1 heterocycles. The van der Waals surface area contributed by atoms with Crippen LogP contribution in [0, 0.1) is 17.8 Å². The molecule has 0 saturated heterocycles. The van der Waals surface area contributed by atoms with E-state index in [1.54, 1.807) is 19.1 Å². The molecule has 0 radical (unpaired) electrons. The van der Waals surface area contributed by atoms with Crippen LogP contribution in [-0.2, 0) is 19.2 Å². The molecule has 0 bridgehead atoms. The summed E-state index contributed by atoms with van der Waals surface area (Å²) in [6.45, 7) is 15.6. The quantitative estimate of drug-likeness (QED) is 0.0976. The predicted octanol–water partition coefficient (Wildman–Crippen LogP) is 1.66. The molecule has 266 valence electrons. The highest BCUT2D eigenvalue weighted by atomic mass is 16.3. The van der Waals surface area contributed by atoms with Crippen LogP contribution in [0.2, 0.25) is 0 Å². The van der Waals surface area contributed by atoms with Crippen molar-refractivity contribution in [1.29, 1.82) is 0 Å². The number of hydrogen-bond acceptors (Lipinski definition) is 8. The number of pyridine rings is 1. The van der Waals surface area contributed by atoms with E-state index in [4.69, 9.17) is 0 Å². The second-order valence-corrected chi connectivity index (χ2v) is 12.9. The first-order chi connectivity index (χ1) is 22.3. The number of hydrogen-bond donors (Lipinski definition) is 7. The Kier molecular flexibility index (Phi) is 19.5. The highest BCUT2D eigenvalue weighted by Gasteiger charge is 2.32. The summed E-state index contributed by atoms with van der Waals surface area (Å²) in [5.74, 6) is -2.05. The number of amides is 5. The molecular formula is C34H59N7O6. The zero-order chi connectivity index (χ0) is 35.5. The number of likely N-dealkylation sites (N-methyl/N-ethyl adjacent to an activating group) is 1. The third-order valence-electron chi connectivity index (χ3n) is 7.98. The van der Waals surface area contributed by atoms with Crippen molar-refractivity contribution in [3.05, 3.63) is 30.1 Å². The normalized spacial score (nSPS) is 15.1. The van der Waals surface area contributed by atoms with Crippen molar-refractivity contribution in [3.8, 4) is 0 Å². The van der Waals surface area contributed by atoms with Crippen LogP contribution in [0.3, 0.4) is 0 Å². The molecule has 0 fully saturated rings. The van der Waals surface area contributed by atoms with Crippen LogP contribution < -0.4 is 31.9 Å². The summed E-state index contributed by atoms with van der Waals surface area (Å²) in [7, 11) is 0. The SMILES string of the molecule is CCC[C@H](NC(=O)C(NC(=O)c1ccncc1)[C@@H](C)CC)C(=O)NC(CN[C@@H](CCO)C(=O)NC(C(=O)NCC)C(C)C)CC(C)C. The van der Waals surface area contributed by atoms with E-state index >= 15 is 0 Å². The van der Waals surface area contributed by atoms with Gasteiger partial charge in [0.1, 0.15) is 18.1 Å². The third kappa shape index (κ3) is 14.8. The van der Waals surface area contributed by atoms with Crippen molar-refractivity contribution in [2.75, 3.05) is 19.7 Å². The van der Waals surface area contributed by atoms with Crippen molar-refractivity contribution in [2.24, 2.45) is 17.8 Å². The van der Waals surface area contributed by atoms with E-state index in [-0.39, 0.29) is 49.1 Å². The molecule has 6 atom stereocenters. The average molecular weight is 662 g/mol. The summed E-state index contributed by atoms with van der Waals surface area (Å²) < 4.78 is 0. The monoisotopic (exact) mass is 661 g/mol. The molecule has 47 heavy (non-hydrogen) atoms. The average Bonchev–Trinajstić information content (AvgIpc) is 3.03. The Morgan fingerprint density at radius 1 is 0.766 bits per heavy atom. The predicted molar refractivity (Wildman–Crippen MR) is 182 cm³/mol. The highest BCUT2D eigenvalue weighted by Crippen LogP contribution is 2.12. The van der Waals surface area contributed by atoms with E-state index in [9.17, 15) is 29.1 Å². The largest absolute Gasteiger partial charge is 0.396 e. The number of aliphatic hydroxyl groups is 1. The minimum atomic E-state index is -0.854. The number of nitrogens with one attached hydrogen (secondary N) is 6. The molecule has 13 nitrogen and oxygen atoms in total. The van der Waals surface area contributed by atoms with E-state index in [0.717, 1.165) is 0 Å². The van der Waals surface area contributed by atoms with Gasteiger partial charge in [-0.1, -0.05) is 61.3 Å². The van der Waals surface area contributed by atoms with Crippen LogP contribution in [0.1, 0.15) is 97.9 Å². The van der Waals surface area contributed by atoms with Gasteiger partial charge >= 0.3 is 0 Å². The van der Waals surface area contributed by atoms with Crippen molar-refractivity contribution >= 4 is 29.5 Å². The Morgan fingerprint density at radius 2 is 1.40 bits per heavy atom. The van der Waals surface area contributed by atoms with Gasteiger partial charge in [0.25, 0.3) is 5.91 Å². The van der Waals surface area contributed by atoms with Crippen molar-refractivity contribution in [1.82, 2.24) is 36.9 Å². The van der Waals surface area contributed by atoms with Gasteiger partial charge in [-0.15, -0.1) is 0 Å². The number of aliphatic hydroxyl groups excluding tert-OH is 1. The van der Waals surface area contributed by atoms with Crippen LogP contribution >= 0.6 is 0 Å². The molecule has 0 saturated carbocycles. The van der Waals surface area contributed by atoms with E-state index in [1.807, 2.05) is 48.5 Å². The number of nitrogens with zero attached hydrogens (tertiary/aromatic N) is 1. The lowest BCUT2D eigenvalue weighted by atomic mass is 9.97. The van der Waals surface area contributed by atoms with Gasteiger partial charge in [0.2, 0.25) is 23.6 Å². The minimum Gasteiger partial charge on any atom is -0.396 e. The summed E-state index contributed by atoms with van der Waals surface area (Å²) >= 11 is 0. The van der Waals surface area contributed by atoms with Gasteiger partial charge in [-0.05, 0) is 56.1 Å². The van der Waals surface area contributed by atoms with Crippen LogP contribution in [0.15, 0.2) is 24.5 Å². The van der Waals surface area contributed by atoms with Gasteiger partial charge in [0.15, 0.2) is 0 Å². The number of carbonyl (C=O) groups excluding carboxylic acids is 5. The maximum atomic E-state index is 13.6. The van der Waals surface area contributed by atoms with Gasteiger partial charge in [-0.2, -0.15) is 0 Å². The molecule has 0 aliphatic carbocycles. The smallest absolute Gasteiger partial charge is 0.252 e. The summed E-state index contributed by atoms with van der Waals surface area (Å²) in [5.41, 5.74) is 0.380. The van der Waals surface area contributed by atoms with Crippen molar-refractivity contribution < 1.29 is 29.1 Å². The fourth-order valence-corrected chi connectivity index (χ4v) is 5.13. The van der Waals surface area contributed by atoms with E-state index in [2.05, 4.69) is 36.9 Å². The lowest BCUT2D eigenvalue weighted by Gasteiger charge is -2.29. The summed E-state index contributed by atoms with van der Waals surface area (Å²) in [6, 6.07) is -0.485. The Balaban J connectivity index is 3.05. The summed E-state index contributed by atoms with van der Waals surface area (Å²) in [5, 5.41) is 27.1. The first-order valence-corrected chi connectivity index (χ1v) is 17.0. The van der Waals surface area contributed by atoms with Gasteiger partial charge < -0.3 is 37.0 Å². The summed E-state index contributed by atoms with van der Waals surface area (Å²) in [4.78, 5) is 69.7. The lowest BCUT2D eigenvalue weighted by Crippen LogP contribution is -2.58. The number of aromatic nitrogens is 1. The van der Waals surface area contributed by atoms with Gasteiger partial charge in [0.05, 0.1) is 6.04 Å². The first kappa shape index (κ1) is 41.4. The van der Waals surface area contributed by atoms with Crippen LogP contribution in [0.4, 0.5) is 0 Å². The fourth-order valence-electron chi connectivity index (χ4n) is 5.13. The molecular weight excluding hydrogens is 602 g/mol. The molecule has 0 aliphatic heterocycles. The van der Waals surface area contributed by atoms with Gasteiger partial charge in [-0.3, -0.25) is 29.0 Å². The third-order valence-corrected chi connectivity index (χ3v) is 7.98. The molecule has 1 aromatic heterocycles. The second kappa shape index (κ2) is 22.1. The Hall–Kier alpha value is -3.58. The Morgan fingerprint density at radius 3 is 1.94 bits per heavy atom. The molecule has 0 spiro atoms. The van der Waals surface area contributed by atoms with Crippen molar-refractivity contribution in [2.45, 2.75) is 118 Å². The van der Waals surface area contributed by atoms with Gasteiger partial charge in [-0.25, -0.2) is 0 Å². The summed E-state index contributed by atoms with van der Waals surface area (Å²) in [6.07, 6.45) is 5.36.